The van der Waals surface area contributed by atoms with Gasteiger partial charge < -0.3 is 9.88 Å². The molecule has 0 aliphatic carbocycles. The van der Waals surface area contributed by atoms with E-state index in [2.05, 4.69) is 33.5 Å². The molecule has 2 aromatic rings. The van der Waals surface area contributed by atoms with Crippen LogP contribution in [0.3, 0.4) is 0 Å². The van der Waals surface area contributed by atoms with Gasteiger partial charge in [0.15, 0.2) is 0 Å². The molecule has 2 rings (SSSR count). The lowest BCUT2D eigenvalue weighted by molar-refractivity contribution is 0.920. The van der Waals surface area contributed by atoms with Gasteiger partial charge in [-0.25, -0.2) is 0 Å². The zero-order chi connectivity index (χ0) is 11.5. The lowest BCUT2D eigenvalue weighted by atomic mass is 10.3. The quantitative estimate of drug-likeness (QED) is 0.904. The van der Waals surface area contributed by atoms with Gasteiger partial charge in [0.1, 0.15) is 0 Å². The van der Waals surface area contributed by atoms with Crippen molar-refractivity contribution in [2.24, 2.45) is 7.05 Å². The van der Waals surface area contributed by atoms with Crippen molar-refractivity contribution in [3.05, 3.63) is 51.7 Å². The van der Waals surface area contributed by atoms with Crippen molar-refractivity contribution in [1.82, 2.24) is 4.57 Å². The molecule has 1 N–H and O–H groups in total. The molecular formula is C12H12BrClN2. The van der Waals surface area contributed by atoms with Crippen LogP contribution in [0.5, 0.6) is 0 Å². The summed E-state index contributed by atoms with van der Waals surface area (Å²) < 4.78 is 3.02. The van der Waals surface area contributed by atoms with Gasteiger partial charge in [0.05, 0.1) is 10.7 Å². The summed E-state index contributed by atoms with van der Waals surface area (Å²) in [5, 5.41) is 4.03. The van der Waals surface area contributed by atoms with Crippen molar-refractivity contribution >= 4 is 33.2 Å². The largest absolute Gasteiger partial charge is 0.380 e. The predicted octanol–water partition coefficient (Wildman–Crippen LogP) is 4.05. The Kier molecular flexibility index (Phi) is 3.56. The number of hydrogen-bond donors (Lipinski definition) is 1. The minimum Gasteiger partial charge on any atom is -0.380 e. The highest BCUT2D eigenvalue weighted by molar-refractivity contribution is 9.10. The minimum absolute atomic E-state index is 0.727. The Balaban J connectivity index is 2.04. The summed E-state index contributed by atoms with van der Waals surface area (Å²) in [6.45, 7) is 0.780. The van der Waals surface area contributed by atoms with E-state index in [-0.39, 0.29) is 0 Å². The van der Waals surface area contributed by atoms with E-state index in [9.17, 15) is 0 Å². The molecule has 0 fully saturated rings. The lowest BCUT2D eigenvalue weighted by Gasteiger charge is -2.07. The van der Waals surface area contributed by atoms with Crippen molar-refractivity contribution in [3.8, 4) is 0 Å². The number of aromatic nitrogens is 1. The van der Waals surface area contributed by atoms with Crippen LogP contribution in [0, 0.1) is 0 Å². The highest BCUT2D eigenvalue weighted by Crippen LogP contribution is 2.25. The zero-order valence-electron chi connectivity index (χ0n) is 8.87. The molecule has 0 atom stereocenters. The van der Waals surface area contributed by atoms with Crippen molar-refractivity contribution in [3.63, 3.8) is 0 Å². The normalized spacial score (nSPS) is 10.4. The summed E-state index contributed by atoms with van der Waals surface area (Å²) in [5.74, 6) is 0. The Morgan fingerprint density at radius 3 is 2.81 bits per heavy atom. The Bertz CT molecular complexity index is 494. The average molecular weight is 300 g/mol. The number of hydrogen-bond acceptors (Lipinski definition) is 1. The summed E-state index contributed by atoms with van der Waals surface area (Å²) in [6, 6.07) is 7.91. The molecule has 0 aliphatic heterocycles. The first-order valence-corrected chi connectivity index (χ1v) is 6.12. The smallest absolute Gasteiger partial charge is 0.0648 e. The molecule has 1 heterocycles. The summed E-state index contributed by atoms with van der Waals surface area (Å²) in [7, 11) is 2.01. The molecule has 0 aliphatic rings. The third kappa shape index (κ3) is 2.80. The lowest BCUT2D eigenvalue weighted by Crippen LogP contribution is -1.98. The second kappa shape index (κ2) is 4.93. The second-order valence-electron chi connectivity index (χ2n) is 3.66. The van der Waals surface area contributed by atoms with Crippen LogP contribution in [0.1, 0.15) is 5.56 Å². The number of aryl methyl sites for hydroxylation is 1. The van der Waals surface area contributed by atoms with Gasteiger partial charge in [-0.15, -0.1) is 0 Å². The van der Waals surface area contributed by atoms with Crippen LogP contribution in [-0.2, 0) is 13.6 Å². The molecule has 0 unspecified atom stereocenters. The number of rotatable bonds is 3. The van der Waals surface area contributed by atoms with E-state index in [1.165, 1.54) is 5.56 Å². The fourth-order valence-electron chi connectivity index (χ4n) is 1.50. The molecule has 16 heavy (non-hydrogen) atoms. The van der Waals surface area contributed by atoms with Crippen LogP contribution in [-0.4, -0.2) is 4.57 Å². The Morgan fingerprint density at radius 2 is 2.19 bits per heavy atom. The van der Waals surface area contributed by atoms with Crippen molar-refractivity contribution < 1.29 is 0 Å². The highest BCUT2D eigenvalue weighted by atomic mass is 79.9. The average Bonchev–Trinajstić information content (AvgIpc) is 2.63. The fourth-order valence-corrected chi connectivity index (χ4v) is 2.24. The Hall–Kier alpha value is -0.930. The standard InChI is InChI=1S/C12H12BrClN2/c1-16-5-4-9(8-16)7-15-12-3-2-10(13)6-11(12)14/h2-6,8,15H,7H2,1H3. The summed E-state index contributed by atoms with van der Waals surface area (Å²) in [6.07, 6.45) is 4.11. The zero-order valence-corrected chi connectivity index (χ0v) is 11.2. The molecule has 0 saturated heterocycles. The van der Waals surface area contributed by atoms with Crippen LogP contribution in [0.25, 0.3) is 0 Å². The predicted molar refractivity (Wildman–Crippen MR) is 71.9 cm³/mol. The van der Waals surface area contributed by atoms with E-state index < -0.39 is 0 Å². The van der Waals surface area contributed by atoms with Crippen LogP contribution >= 0.6 is 27.5 Å². The minimum atomic E-state index is 0.727. The van der Waals surface area contributed by atoms with E-state index in [1.54, 1.807) is 0 Å². The highest BCUT2D eigenvalue weighted by Gasteiger charge is 2.01. The van der Waals surface area contributed by atoms with Gasteiger partial charge >= 0.3 is 0 Å². The van der Waals surface area contributed by atoms with Gasteiger partial charge in [0, 0.05) is 30.5 Å². The van der Waals surface area contributed by atoms with E-state index in [1.807, 2.05) is 36.0 Å². The first kappa shape index (κ1) is 11.6. The molecule has 0 saturated carbocycles. The Morgan fingerprint density at radius 1 is 1.38 bits per heavy atom. The monoisotopic (exact) mass is 298 g/mol. The SMILES string of the molecule is Cn1ccc(CNc2ccc(Br)cc2Cl)c1. The Labute approximate surface area is 108 Å². The maximum atomic E-state index is 6.10. The molecule has 2 nitrogen and oxygen atoms in total. The molecule has 0 spiro atoms. The summed E-state index contributed by atoms with van der Waals surface area (Å²) in [4.78, 5) is 0. The third-order valence-corrected chi connectivity index (χ3v) is 3.11. The topological polar surface area (TPSA) is 17.0 Å². The van der Waals surface area contributed by atoms with Gasteiger partial charge in [-0.3, -0.25) is 0 Å². The van der Waals surface area contributed by atoms with Crippen molar-refractivity contribution in [2.45, 2.75) is 6.54 Å². The molecule has 0 amide bonds. The van der Waals surface area contributed by atoms with E-state index in [0.29, 0.717) is 0 Å². The first-order chi connectivity index (χ1) is 7.65. The van der Waals surface area contributed by atoms with Gasteiger partial charge in [0.25, 0.3) is 0 Å². The molecule has 84 valence electrons. The van der Waals surface area contributed by atoms with E-state index in [4.69, 9.17) is 11.6 Å². The van der Waals surface area contributed by atoms with E-state index >= 15 is 0 Å². The van der Waals surface area contributed by atoms with Gasteiger partial charge in [-0.1, -0.05) is 27.5 Å². The molecule has 1 aromatic heterocycles. The molecular weight excluding hydrogens is 288 g/mol. The third-order valence-electron chi connectivity index (χ3n) is 2.31. The molecule has 1 aromatic carbocycles. The van der Waals surface area contributed by atoms with Gasteiger partial charge in [0.2, 0.25) is 0 Å². The number of benzene rings is 1. The van der Waals surface area contributed by atoms with Crippen LogP contribution in [0.15, 0.2) is 41.1 Å². The van der Waals surface area contributed by atoms with Crippen molar-refractivity contribution in [1.29, 1.82) is 0 Å². The number of halogens is 2. The van der Waals surface area contributed by atoms with Gasteiger partial charge in [-0.2, -0.15) is 0 Å². The maximum absolute atomic E-state index is 6.10. The molecule has 0 radical (unpaired) electrons. The number of anilines is 1. The maximum Gasteiger partial charge on any atom is 0.0648 e. The summed E-state index contributed by atoms with van der Waals surface area (Å²) >= 11 is 9.48. The fraction of sp³-hybridized carbons (Fsp3) is 0.167. The molecule has 0 bridgehead atoms. The summed E-state index contributed by atoms with van der Waals surface area (Å²) in [5.41, 5.74) is 2.19. The molecule has 4 heteroatoms. The van der Waals surface area contributed by atoms with Gasteiger partial charge in [-0.05, 0) is 29.8 Å². The van der Waals surface area contributed by atoms with Crippen LogP contribution < -0.4 is 5.32 Å². The van der Waals surface area contributed by atoms with Crippen LogP contribution in [0.2, 0.25) is 5.02 Å². The van der Waals surface area contributed by atoms with Crippen LogP contribution in [0.4, 0.5) is 5.69 Å². The first-order valence-electron chi connectivity index (χ1n) is 4.95. The van der Waals surface area contributed by atoms with E-state index in [0.717, 1.165) is 21.7 Å². The number of nitrogens with zero attached hydrogens (tertiary/aromatic N) is 1. The van der Waals surface area contributed by atoms with Crippen molar-refractivity contribution in [2.75, 3.05) is 5.32 Å². The second-order valence-corrected chi connectivity index (χ2v) is 4.99. The number of nitrogens with one attached hydrogen (secondary N) is 1.